The topological polar surface area (TPSA) is 60.2 Å². The van der Waals surface area contributed by atoms with E-state index in [1.54, 1.807) is 12.1 Å². The standard InChI is InChI=1S/C26H28FN3O3/c27-22-5-7-23(8-6-22)30-13-11-28(12-14-30)17-24-25(31)21(18-33-26(24)32)16-29-10-9-19-3-1-2-4-20(19)15-29/h1-8,18,31H,9-17H2. The molecule has 0 saturated carbocycles. The predicted octanol–water partition coefficient (Wildman–Crippen LogP) is 3.37. The Hall–Kier alpha value is -3.16. The zero-order valence-electron chi connectivity index (χ0n) is 18.5. The van der Waals surface area contributed by atoms with Crippen molar-refractivity contribution in [2.24, 2.45) is 0 Å². The van der Waals surface area contributed by atoms with Crippen molar-refractivity contribution in [1.29, 1.82) is 0 Å². The normalized spacial score (nSPS) is 17.2. The molecule has 2 aliphatic heterocycles. The van der Waals surface area contributed by atoms with E-state index in [-0.39, 0.29) is 11.6 Å². The summed E-state index contributed by atoms with van der Waals surface area (Å²) in [5.41, 5.74) is 4.15. The highest BCUT2D eigenvalue weighted by Gasteiger charge is 2.23. The van der Waals surface area contributed by atoms with Crippen LogP contribution in [-0.4, -0.2) is 47.6 Å². The Bertz CT molecular complexity index is 1170. The van der Waals surface area contributed by atoms with Gasteiger partial charge in [0.1, 0.15) is 17.8 Å². The zero-order valence-corrected chi connectivity index (χ0v) is 18.5. The summed E-state index contributed by atoms with van der Waals surface area (Å²) in [6, 6.07) is 14.9. The molecule has 2 aliphatic rings. The molecule has 7 heteroatoms. The molecule has 0 unspecified atom stereocenters. The molecule has 3 heterocycles. The quantitative estimate of drug-likeness (QED) is 0.645. The second-order valence-corrected chi connectivity index (χ2v) is 8.84. The zero-order chi connectivity index (χ0) is 22.8. The SMILES string of the molecule is O=c1occ(CN2CCc3ccccc3C2)c(O)c1CN1CCN(c2ccc(F)cc2)CC1. The maximum atomic E-state index is 13.2. The number of hydrogen-bond donors (Lipinski definition) is 1. The van der Waals surface area contributed by atoms with Crippen LogP contribution < -0.4 is 10.5 Å². The van der Waals surface area contributed by atoms with Gasteiger partial charge in [-0.15, -0.1) is 0 Å². The molecular formula is C26H28FN3O3. The van der Waals surface area contributed by atoms with Gasteiger partial charge in [-0.3, -0.25) is 9.80 Å². The molecule has 0 amide bonds. The maximum Gasteiger partial charge on any atom is 0.343 e. The van der Waals surface area contributed by atoms with Gasteiger partial charge in [-0.2, -0.15) is 0 Å². The van der Waals surface area contributed by atoms with E-state index >= 15 is 0 Å². The average molecular weight is 450 g/mol. The highest BCUT2D eigenvalue weighted by atomic mass is 19.1. The van der Waals surface area contributed by atoms with Crippen molar-refractivity contribution in [1.82, 2.24) is 9.80 Å². The number of benzene rings is 2. The van der Waals surface area contributed by atoms with Gasteiger partial charge in [-0.05, 0) is 41.8 Å². The van der Waals surface area contributed by atoms with Crippen LogP contribution >= 0.6 is 0 Å². The molecule has 0 aliphatic carbocycles. The first kappa shape index (κ1) is 21.7. The number of anilines is 1. The minimum atomic E-state index is -0.485. The molecule has 0 bridgehead atoms. The van der Waals surface area contributed by atoms with Crippen LogP contribution in [0.4, 0.5) is 10.1 Å². The molecule has 0 radical (unpaired) electrons. The summed E-state index contributed by atoms with van der Waals surface area (Å²) in [4.78, 5) is 19.0. The second kappa shape index (κ2) is 9.37. The second-order valence-electron chi connectivity index (χ2n) is 8.84. The fourth-order valence-electron chi connectivity index (χ4n) is 4.76. The van der Waals surface area contributed by atoms with Crippen LogP contribution in [-0.2, 0) is 26.1 Å². The summed E-state index contributed by atoms with van der Waals surface area (Å²) in [6.07, 6.45) is 2.37. The van der Waals surface area contributed by atoms with Gasteiger partial charge in [-0.25, -0.2) is 9.18 Å². The predicted molar refractivity (Wildman–Crippen MR) is 125 cm³/mol. The summed E-state index contributed by atoms with van der Waals surface area (Å²) >= 11 is 0. The number of halogens is 1. The van der Waals surface area contributed by atoms with Crippen molar-refractivity contribution in [3.63, 3.8) is 0 Å². The molecule has 0 spiro atoms. The van der Waals surface area contributed by atoms with Crippen molar-refractivity contribution in [2.75, 3.05) is 37.6 Å². The highest BCUT2D eigenvalue weighted by Crippen LogP contribution is 2.26. The lowest BCUT2D eigenvalue weighted by atomic mass is 9.99. The van der Waals surface area contributed by atoms with E-state index in [0.29, 0.717) is 24.2 Å². The number of aromatic hydroxyl groups is 1. The molecule has 2 aromatic carbocycles. The van der Waals surface area contributed by atoms with E-state index in [2.05, 4.69) is 39.0 Å². The first-order valence-electron chi connectivity index (χ1n) is 11.4. The van der Waals surface area contributed by atoms with Crippen LogP contribution in [0.5, 0.6) is 5.75 Å². The third kappa shape index (κ3) is 4.79. The van der Waals surface area contributed by atoms with Crippen LogP contribution in [0.25, 0.3) is 0 Å². The minimum Gasteiger partial charge on any atom is -0.507 e. The minimum absolute atomic E-state index is 0.0473. The summed E-state index contributed by atoms with van der Waals surface area (Å²) < 4.78 is 18.5. The van der Waals surface area contributed by atoms with E-state index in [0.717, 1.165) is 51.4 Å². The van der Waals surface area contributed by atoms with E-state index in [4.69, 9.17) is 4.42 Å². The van der Waals surface area contributed by atoms with Crippen LogP contribution in [0.3, 0.4) is 0 Å². The maximum absolute atomic E-state index is 13.2. The summed E-state index contributed by atoms with van der Waals surface area (Å²) in [5.74, 6) is -0.195. The van der Waals surface area contributed by atoms with Gasteiger partial charge in [0.05, 0.1) is 5.56 Å². The molecular weight excluding hydrogens is 421 g/mol. The van der Waals surface area contributed by atoms with E-state index in [1.165, 1.54) is 29.5 Å². The molecule has 1 saturated heterocycles. The molecule has 0 atom stereocenters. The first-order chi connectivity index (χ1) is 16.1. The van der Waals surface area contributed by atoms with Crippen LogP contribution in [0.15, 0.2) is 64.0 Å². The molecule has 172 valence electrons. The van der Waals surface area contributed by atoms with E-state index < -0.39 is 5.63 Å². The highest BCUT2D eigenvalue weighted by molar-refractivity contribution is 5.46. The molecule has 1 N–H and O–H groups in total. The van der Waals surface area contributed by atoms with Crippen molar-refractivity contribution in [3.8, 4) is 5.75 Å². The largest absolute Gasteiger partial charge is 0.507 e. The lowest BCUT2D eigenvalue weighted by Gasteiger charge is -2.36. The first-order valence-corrected chi connectivity index (χ1v) is 11.4. The van der Waals surface area contributed by atoms with Gasteiger partial charge in [0.15, 0.2) is 0 Å². The lowest BCUT2D eigenvalue weighted by Crippen LogP contribution is -2.46. The van der Waals surface area contributed by atoms with Gasteiger partial charge in [0, 0.05) is 63.6 Å². The monoisotopic (exact) mass is 449 g/mol. The molecule has 1 fully saturated rings. The molecule has 5 rings (SSSR count). The Morgan fingerprint density at radius 2 is 1.61 bits per heavy atom. The van der Waals surface area contributed by atoms with Gasteiger partial charge in [0.2, 0.25) is 0 Å². The fourth-order valence-corrected chi connectivity index (χ4v) is 4.76. The number of nitrogens with zero attached hydrogens (tertiary/aromatic N) is 3. The van der Waals surface area contributed by atoms with Gasteiger partial charge >= 0.3 is 5.63 Å². The smallest absolute Gasteiger partial charge is 0.343 e. The van der Waals surface area contributed by atoms with Crippen molar-refractivity contribution in [2.45, 2.75) is 26.1 Å². The number of hydrogen-bond acceptors (Lipinski definition) is 6. The Labute approximate surface area is 192 Å². The lowest BCUT2D eigenvalue weighted by molar-refractivity contribution is 0.230. The van der Waals surface area contributed by atoms with Gasteiger partial charge < -0.3 is 14.4 Å². The Morgan fingerprint density at radius 1 is 0.879 bits per heavy atom. The van der Waals surface area contributed by atoms with Gasteiger partial charge in [-0.1, -0.05) is 24.3 Å². The van der Waals surface area contributed by atoms with Crippen LogP contribution in [0, 0.1) is 5.82 Å². The van der Waals surface area contributed by atoms with Crippen molar-refractivity contribution < 1.29 is 13.9 Å². The molecule has 3 aromatic rings. The summed E-state index contributed by atoms with van der Waals surface area (Å²) in [6.45, 7) is 5.62. The Balaban J connectivity index is 1.24. The van der Waals surface area contributed by atoms with Crippen LogP contribution in [0.2, 0.25) is 0 Å². The summed E-state index contributed by atoms with van der Waals surface area (Å²) in [7, 11) is 0. The van der Waals surface area contributed by atoms with E-state index in [9.17, 15) is 14.3 Å². The van der Waals surface area contributed by atoms with Crippen molar-refractivity contribution in [3.05, 3.63) is 93.3 Å². The number of fused-ring (bicyclic) bond motifs is 1. The molecule has 33 heavy (non-hydrogen) atoms. The average Bonchev–Trinajstić information content (AvgIpc) is 2.84. The molecule has 1 aromatic heterocycles. The summed E-state index contributed by atoms with van der Waals surface area (Å²) in [5, 5.41) is 10.9. The van der Waals surface area contributed by atoms with Crippen molar-refractivity contribution >= 4 is 5.69 Å². The van der Waals surface area contributed by atoms with Gasteiger partial charge in [0.25, 0.3) is 0 Å². The number of rotatable bonds is 5. The van der Waals surface area contributed by atoms with Crippen LogP contribution in [0.1, 0.15) is 22.3 Å². The van der Waals surface area contributed by atoms with E-state index in [1.807, 2.05) is 0 Å². The fraction of sp³-hybridized carbons (Fsp3) is 0.346. The Morgan fingerprint density at radius 3 is 2.36 bits per heavy atom. The third-order valence-corrected chi connectivity index (χ3v) is 6.69. The Kier molecular flexibility index (Phi) is 6.15. The number of piperazine rings is 1. The third-order valence-electron chi connectivity index (χ3n) is 6.69. The molecule has 6 nitrogen and oxygen atoms in total.